The Kier molecular flexibility index (Phi) is 4.74. The molecule has 152 valence electrons. The number of hydrogen-bond acceptors (Lipinski definition) is 5. The quantitative estimate of drug-likeness (QED) is 0.623. The number of carbonyl (C=O) groups excluding carboxylic acids is 1. The summed E-state index contributed by atoms with van der Waals surface area (Å²) in [7, 11) is 1.29. The van der Waals surface area contributed by atoms with Gasteiger partial charge in [0.15, 0.2) is 17.5 Å². The minimum atomic E-state index is -3.49. The summed E-state index contributed by atoms with van der Waals surface area (Å²) in [4.78, 5) is 16.4. The molecule has 0 saturated heterocycles. The van der Waals surface area contributed by atoms with Gasteiger partial charge in [-0.15, -0.1) is 0 Å². The average Bonchev–Trinajstić information content (AvgIpc) is 2.99. The highest BCUT2D eigenvalue weighted by Gasteiger charge is 2.56. The monoisotopic (exact) mass is 402 g/mol. The first kappa shape index (κ1) is 19.3. The molecule has 29 heavy (non-hydrogen) atoms. The van der Waals surface area contributed by atoms with Gasteiger partial charge in [-0.05, 0) is 25.5 Å². The Morgan fingerprint density at radius 2 is 1.97 bits per heavy atom. The van der Waals surface area contributed by atoms with E-state index in [1.54, 1.807) is 41.7 Å². The van der Waals surface area contributed by atoms with Crippen LogP contribution in [-0.4, -0.2) is 35.2 Å². The molecule has 4 rings (SSSR count). The van der Waals surface area contributed by atoms with Gasteiger partial charge in [-0.3, -0.25) is 0 Å². The van der Waals surface area contributed by atoms with Crippen LogP contribution >= 0.6 is 0 Å². The highest BCUT2D eigenvalue weighted by molar-refractivity contribution is 5.71. The highest BCUT2D eigenvalue weighted by atomic mass is 19.3. The zero-order valence-corrected chi connectivity index (χ0v) is 16.2. The van der Waals surface area contributed by atoms with E-state index in [9.17, 15) is 4.79 Å². The van der Waals surface area contributed by atoms with Crippen LogP contribution in [0.5, 0.6) is 5.75 Å². The number of fused-ring (bicyclic) bond motifs is 3. The van der Waals surface area contributed by atoms with E-state index in [4.69, 9.17) is 14.2 Å². The number of aryl methyl sites for hydroxylation is 2. The van der Waals surface area contributed by atoms with Crippen LogP contribution in [0.2, 0.25) is 0 Å². The van der Waals surface area contributed by atoms with Crippen molar-refractivity contribution < 1.29 is 27.8 Å². The van der Waals surface area contributed by atoms with Crippen LogP contribution in [0.25, 0.3) is 5.65 Å². The summed E-state index contributed by atoms with van der Waals surface area (Å²) in [6, 6.07) is 9.80. The zero-order chi connectivity index (χ0) is 20.8. The molecule has 0 saturated carbocycles. The Labute approximate surface area is 166 Å². The standard InChI is InChI=1S/C21H20F2N2O4/c1-12-13(2)25-10-9-15-18(20(25)24-12)29-17(14-7-5-4-6-8-14)19(21(15,22)23)28-16(26)11-27-3/h4-10,17,19H,11H2,1-3H3/t17-,19-/m1/s1. The molecule has 0 aliphatic carbocycles. The van der Waals surface area contributed by atoms with Crippen molar-refractivity contribution in [3.8, 4) is 5.75 Å². The van der Waals surface area contributed by atoms with Gasteiger partial charge in [0.25, 0.3) is 0 Å². The first-order valence-electron chi connectivity index (χ1n) is 9.11. The van der Waals surface area contributed by atoms with Crippen LogP contribution in [0.3, 0.4) is 0 Å². The fourth-order valence-corrected chi connectivity index (χ4v) is 3.54. The maximum absolute atomic E-state index is 15.6. The summed E-state index contributed by atoms with van der Waals surface area (Å²) in [6.45, 7) is 3.23. The van der Waals surface area contributed by atoms with Gasteiger partial charge in [0.1, 0.15) is 6.61 Å². The number of halogens is 2. The van der Waals surface area contributed by atoms with E-state index >= 15 is 8.78 Å². The number of benzene rings is 1. The summed E-state index contributed by atoms with van der Waals surface area (Å²) in [6.07, 6.45) is -1.53. The fourth-order valence-electron chi connectivity index (χ4n) is 3.54. The Balaban J connectivity index is 1.89. The normalized spacial score (nSPS) is 20.2. The number of aromatic nitrogens is 2. The zero-order valence-electron chi connectivity index (χ0n) is 16.2. The van der Waals surface area contributed by atoms with Gasteiger partial charge in [-0.25, -0.2) is 9.78 Å². The second kappa shape index (κ2) is 7.11. The van der Waals surface area contributed by atoms with Crippen molar-refractivity contribution in [1.29, 1.82) is 0 Å². The molecular weight excluding hydrogens is 382 g/mol. The van der Waals surface area contributed by atoms with Crippen LogP contribution in [0.15, 0.2) is 42.6 Å². The molecule has 0 amide bonds. The summed E-state index contributed by atoms with van der Waals surface area (Å²) in [5.41, 5.74) is 1.96. The summed E-state index contributed by atoms with van der Waals surface area (Å²) >= 11 is 0. The van der Waals surface area contributed by atoms with Crippen molar-refractivity contribution >= 4 is 11.6 Å². The van der Waals surface area contributed by atoms with E-state index in [0.717, 1.165) is 11.4 Å². The SMILES string of the molecule is COCC(=O)O[C@@H]1[C@@H](c2ccccc2)Oc2c(ccn3c(C)c(C)nc23)C1(F)F. The van der Waals surface area contributed by atoms with Gasteiger partial charge in [0.05, 0.1) is 11.3 Å². The molecule has 0 radical (unpaired) electrons. The van der Waals surface area contributed by atoms with Crippen LogP contribution < -0.4 is 4.74 Å². The molecule has 2 aromatic heterocycles. The minimum absolute atomic E-state index is 0.0124. The van der Waals surface area contributed by atoms with Crippen molar-refractivity contribution in [2.45, 2.75) is 32.0 Å². The third kappa shape index (κ3) is 3.13. The topological polar surface area (TPSA) is 62.1 Å². The fraction of sp³-hybridized carbons (Fsp3) is 0.333. The van der Waals surface area contributed by atoms with Gasteiger partial charge < -0.3 is 18.6 Å². The Hall–Kier alpha value is -3.00. The van der Waals surface area contributed by atoms with Gasteiger partial charge in [-0.2, -0.15) is 8.78 Å². The third-order valence-electron chi connectivity index (χ3n) is 5.11. The van der Waals surface area contributed by atoms with E-state index < -0.39 is 30.7 Å². The maximum Gasteiger partial charge on any atom is 0.332 e. The van der Waals surface area contributed by atoms with E-state index in [1.807, 2.05) is 6.92 Å². The smallest absolute Gasteiger partial charge is 0.332 e. The largest absolute Gasteiger partial charge is 0.477 e. The molecule has 0 spiro atoms. The van der Waals surface area contributed by atoms with E-state index in [0.29, 0.717) is 11.2 Å². The number of pyridine rings is 1. The van der Waals surface area contributed by atoms with Crippen molar-refractivity contribution in [3.63, 3.8) is 0 Å². The molecule has 3 heterocycles. The number of nitrogens with zero attached hydrogens (tertiary/aromatic N) is 2. The Morgan fingerprint density at radius 1 is 1.24 bits per heavy atom. The molecule has 1 aliphatic rings. The van der Waals surface area contributed by atoms with Crippen molar-refractivity contribution in [2.24, 2.45) is 0 Å². The maximum atomic E-state index is 15.6. The van der Waals surface area contributed by atoms with Gasteiger partial charge in [0.2, 0.25) is 6.10 Å². The molecule has 3 aromatic rings. The molecule has 6 nitrogen and oxygen atoms in total. The summed E-state index contributed by atoms with van der Waals surface area (Å²) in [5, 5.41) is 0. The Bertz CT molecular complexity index is 1070. The highest BCUT2D eigenvalue weighted by Crippen LogP contribution is 2.50. The second-order valence-electron chi connectivity index (χ2n) is 6.95. The molecule has 1 aliphatic heterocycles. The lowest BCUT2D eigenvalue weighted by atomic mass is 9.91. The minimum Gasteiger partial charge on any atom is -0.477 e. The van der Waals surface area contributed by atoms with Crippen molar-refractivity contribution in [3.05, 3.63) is 65.1 Å². The molecule has 1 aromatic carbocycles. The number of carbonyl (C=O) groups is 1. The number of ether oxygens (including phenoxy) is 3. The molecule has 0 N–H and O–H groups in total. The molecule has 8 heteroatoms. The molecule has 0 bridgehead atoms. The number of methoxy groups -OCH3 is 1. The van der Waals surface area contributed by atoms with Crippen molar-refractivity contribution in [1.82, 2.24) is 9.38 Å². The van der Waals surface area contributed by atoms with Crippen molar-refractivity contribution in [2.75, 3.05) is 13.7 Å². The molecular formula is C21H20F2N2O4. The number of hydrogen-bond donors (Lipinski definition) is 0. The van der Waals surface area contributed by atoms with Gasteiger partial charge >= 0.3 is 11.9 Å². The second-order valence-corrected chi connectivity index (χ2v) is 6.95. The molecule has 2 atom stereocenters. The van der Waals surface area contributed by atoms with Gasteiger partial charge in [0, 0.05) is 19.0 Å². The third-order valence-corrected chi connectivity index (χ3v) is 5.11. The van der Waals surface area contributed by atoms with E-state index in [2.05, 4.69) is 4.98 Å². The lowest BCUT2D eigenvalue weighted by molar-refractivity contribution is -0.204. The van der Waals surface area contributed by atoms with Crippen LogP contribution in [0.4, 0.5) is 8.78 Å². The predicted octanol–water partition coefficient (Wildman–Crippen LogP) is 3.73. The number of rotatable bonds is 4. The number of alkyl halides is 2. The Morgan fingerprint density at radius 3 is 2.66 bits per heavy atom. The van der Waals surface area contributed by atoms with E-state index in [1.165, 1.54) is 19.4 Å². The lowest BCUT2D eigenvalue weighted by Gasteiger charge is -2.38. The lowest BCUT2D eigenvalue weighted by Crippen LogP contribution is -2.46. The average molecular weight is 402 g/mol. The molecule has 0 fully saturated rings. The summed E-state index contributed by atoms with van der Waals surface area (Å²) in [5.74, 6) is -4.40. The first-order valence-corrected chi connectivity index (χ1v) is 9.11. The number of esters is 1. The van der Waals surface area contributed by atoms with E-state index in [-0.39, 0.29) is 11.3 Å². The summed E-state index contributed by atoms with van der Waals surface area (Å²) < 4.78 is 48.8. The first-order chi connectivity index (χ1) is 13.8. The van der Waals surface area contributed by atoms with Crippen LogP contribution in [-0.2, 0) is 20.2 Å². The number of imidazole rings is 1. The van der Waals surface area contributed by atoms with Gasteiger partial charge in [-0.1, -0.05) is 30.3 Å². The van der Waals surface area contributed by atoms with Crippen LogP contribution in [0, 0.1) is 13.8 Å². The molecule has 0 unspecified atom stereocenters. The predicted molar refractivity (Wildman–Crippen MR) is 100 cm³/mol. The van der Waals surface area contributed by atoms with Crippen LogP contribution in [0.1, 0.15) is 28.6 Å².